The van der Waals surface area contributed by atoms with Crippen LogP contribution >= 0.6 is 0 Å². The summed E-state index contributed by atoms with van der Waals surface area (Å²) < 4.78 is 7.72. The third-order valence-corrected chi connectivity index (χ3v) is 8.08. The summed E-state index contributed by atoms with van der Waals surface area (Å²) in [6.45, 7) is 2.48. The maximum atomic E-state index is 13.3. The smallest absolute Gasteiger partial charge is 0.328 e. The van der Waals surface area contributed by atoms with Crippen molar-refractivity contribution in [2.75, 3.05) is 13.1 Å². The van der Waals surface area contributed by atoms with Gasteiger partial charge in [-0.25, -0.2) is 9.78 Å². The molecule has 1 saturated carbocycles. The minimum Gasteiger partial charge on any atom is -0.478 e. The van der Waals surface area contributed by atoms with Crippen LogP contribution in [0, 0.1) is 0 Å². The molecule has 1 amide bonds. The second kappa shape index (κ2) is 11.5. The predicted octanol–water partition coefficient (Wildman–Crippen LogP) is 5.90. The molecule has 1 atom stereocenters. The number of benzene rings is 2. The molecule has 1 unspecified atom stereocenters. The number of furan rings is 1. The zero-order chi connectivity index (χ0) is 27.5. The lowest BCUT2D eigenvalue weighted by molar-refractivity contribution is -0.131. The SMILES string of the molecule is O=C(O)/C=C/c1ccc(CN2CCC(NC(=O)c3ccc4c(c3)nc(-c3ccoc3)n4C3CCCCC3)C2)cc1. The van der Waals surface area contributed by atoms with Crippen molar-refractivity contribution in [3.63, 3.8) is 0 Å². The molecule has 1 aliphatic heterocycles. The molecule has 6 rings (SSSR count). The van der Waals surface area contributed by atoms with Crippen LogP contribution in [0.5, 0.6) is 0 Å². The Morgan fingerprint density at radius 1 is 1.05 bits per heavy atom. The summed E-state index contributed by atoms with van der Waals surface area (Å²) in [4.78, 5) is 31.3. The molecule has 8 nitrogen and oxygen atoms in total. The molecule has 8 heteroatoms. The minimum atomic E-state index is -0.956. The van der Waals surface area contributed by atoms with Gasteiger partial charge < -0.3 is 19.4 Å². The number of nitrogens with one attached hydrogen (secondary N) is 1. The van der Waals surface area contributed by atoms with Crippen LogP contribution in [0.1, 0.15) is 66.1 Å². The van der Waals surface area contributed by atoms with Crippen LogP contribution in [0.4, 0.5) is 0 Å². The molecular formula is C32H34N4O4. The Morgan fingerprint density at radius 2 is 1.88 bits per heavy atom. The van der Waals surface area contributed by atoms with E-state index in [9.17, 15) is 9.59 Å². The Balaban J connectivity index is 1.12. The molecule has 1 aliphatic carbocycles. The summed E-state index contributed by atoms with van der Waals surface area (Å²) in [5.41, 5.74) is 5.51. The van der Waals surface area contributed by atoms with E-state index in [-0.39, 0.29) is 11.9 Å². The highest BCUT2D eigenvalue weighted by molar-refractivity contribution is 5.98. The Kier molecular flexibility index (Phi) is 7.51. The fourth-order valence-corrected chi connectivity index (χ4v) is 6.07. The van der Waals surface area contributed by atoms with E-state index in [1.165, 1.54) is 19.3 Å². The van der Waals surface area contributed by atoms with Crippen molar-refractivity contribution in [3.8, 4) is 11.4 Å². The van der Waals surface area contributed by atoms with Crippen LogP contribution in [0.3, 0.4) is 0 Å². The quantitative estimate of drug-likeness (QED) is 0.271. The van der Waals surface area contributed by atoms with Gasteiger partial charge in [-0.1, -0.05) is 43.5 Å². The highest BCUT2D eigenvalue weighted by Crippen LogP contribution is 2.36. The van der Waals surface area contributed by atoms with Crippen LogP contribution < -0.4 is 5.32 Å². The van der Waals surface area contributed by atoms with Crippen LogP contribution in [0.2, 0.25) is 0 Å². The van der Waals surface area contributed by atoms with Crippen molar-refractivity contribution in [2.24, 2.45) is 0 Å². The lowest BCUT2D eigenvalue weighted by atomic mass is 9.95. The Bertz CT molecular complexity index is 1510. The maximum absolute atomic E-state index is 13.3. The van der Waals surface area contributed by atoms with Gasteiger partial charge >= 0.3 is 5.97 Å². The average molecular weight is 539 g/mol. The first-order chi connectivity index (χ1) is 19.5. The zero-order valence-electron chi connectivity index (χ0n) is 22.5. The number of aliphatic carboxylic acids is 1. The standard InChI is InChI=1S/C32H34N4O4/c37-30(38)13-10-22-6-8-23(9-7-22)19-35-16-14-26(20-35)33-32(39)24-11-12-29-28(18-24)34-31(25-15-17-40-21-25)36(29)27-4-2-1-3-5-27/h6-13,15,17-18,21,26-27H,1-5,14,16,19-20H2,(H,33,39)(H,37,38)/b13-10+. The van der Waals surface area contributed by atoms with Gasteiger partial charge in [-0.15, -0.1) is 0 Å². The van der Waals surface area contributed by atoms with Gasteiger partial charge in [0.2, 0.25) is 0 Å². The molecule has 2 aromatic heterocycles. The zero-order valence-corrected chi connectivity index (χ0v) is 22.5. The fourth-order valence-electron chi connectivity index (χ4n) is 6.07. The van der Waals surface area contributed by atoms with Crippen molar-refractivity contribution in [1.29, 1.82) is 0 Å². The minimum absolute atomic E-state index is 0.0691. The molecule has 206 valence electrons. The van der Waals surface area contributed by atoms with Crippen molar-refractivity contribution in [2.45, 2.75) is 57.2 Å². The van der Waals surface area contributed by atoms with Gasteiger partial charge in [0.25, 0.3) is 5.91 Å². The molecule has 0 spiro atoms. The van der Waals surface area contributed by atoms with Gasteiger partial charge in [-0.2, -0.15) is 0 Å². The molecule has 3 heterocycles. The highest BCUT2D eigenvalue weighted by Gasteiger charge is 2.26. The molecule has 0 bridgehead atoms. The molecule has 0 radical (unpaired) electrons. The second-order valence-electron chi connectivity index (χ2n) is 10.9. The Morgan fingerprint density at radius 3 is 2.62 bits per heavy atom. The summed E-state index contributed by atoms with van der Waals surface area (Å²) in [5.74, 6) is -0.117. The van der Waals surface area contributed by atoms with Gasteiger partial charge in [-0.05, 0) is 60.7 Å². The fraction of sp³-hybridized carbons (Fsp3) is 0.344. The number of carboxylic acid groups (broad SMARTS) is 1. The van der Waals surface area contributed by atoms with Crippen LogP contribution in [0.25, 0.3) is 28.5 Å². The van der Waals surface area contributed by atoms with E-state index in [2.05, 4.69) is 14.8 Å². The topological polar surface area (TPSA) is 101 Å². The van der Waals surface area contributed by atoms with Gasteiger partial charge in [0.15, 0.2) is 0 Å². The van der Waals surface area contributed by atoms with Crippen molar-refractivity contribution >= 4 is 29.0 Å². The number of carboxylic acids is 1. The second-order valence-corrected chi connectivity index (χ2v) is 10.9. The normalized spacial score (nSPS) is 18.6. The highest BCUT2D eigenvalue weighted by atomic mass is 16.4. The third-order valence-electron chi connectivity index (χ3n) is 8.08. The molecule has 4 aromatic rings. The van der Waals surface area contributed by atoms with Crippen LogP contribution in [0.15, 0.2) is 71.6 Å². The first-order valence-electron chi connectivity index (χ1n) is 14.1. The van der Waals surface area contributed by atoms with Gasteiger partial charge in [0, 0.05) is 43.4 Å². The number of imidazole rings is 1. The average Bonchev–Trinajstić information content (AvgIpc) is 3.73. The third kappa shape index (κ3) is 5.72. The molecule has 2 fully saturated rings. The molecule has 2 N–H and O–H groups in total. The van der Waals surface area contributed by atoms with Crippen LogP contribution in [-0.2, 0) is 11.3 Å². The Labute approximate surface area is 233 Å². The summed E-state index contributed by atoms with van der Waals surface area (Å²) in [7, 11) is 0. The van der Waals surface area contributed by atoms with E-state index >= 15 is 0 Å². The lowest BCUT2D eigenvalue weighted by Crippen LogP contribution is -2.37. The number of carbonyl (C=O) groups excluding carboxylic acids is 1. The van der Waals surface area contributed by atoms with E-state index in [1.807, 2.05) is 48.5 Å². The number of aromatic nitrogens is 2. The Hall–Kier alpha value is -4.17. The number of hydrogen-bond acceptors (Lipinski definition) is 5. The van der Waals surface area contributed by atoms with E-state index < -0.39 is 5.97 Å². The van der Waals surface area contributed by atoms with E-state index in [0.717, 1.165) is 78.5 Å². The van der Waals surface area contributed by atoms with Crippen molar-refractivity contribution < 1.29 is 19.1 Å². The summed E-state index contributed by atoms with van der Waals surface area (Å²) in [6.07, 6.45) is 13.1. The molecule has 40 heavy (non-hydrogen) atoms. The number of rotatable bonds is 8. The van der Waals surface area contributed by atoms with E-state index in [1.54, 1.807) is 18.6 Å². The number of amides is 1. The molecule has 1 saturated heterocycles. The summed E-state index contributed by atoms with van der Waals surface area (Å²) in [5, 5.41) is 12.0. The molecule has 2 aromatic carbocycles. The number of likely N-dealkylation sites (tertiary alicyclic amines) is 1. The number of nitrogens with zero attached hydrogens (tertiary/aromatic N) is 3. The van der Waals surface area contributed by atoms with E-state index in [4.69, 9.17) is 14.5 Å². The number of fused-ring (bicyclic) bond motifs is 1. The van der Waals surface area contributed by atoms with Gasteiger partial charge in [0.05, 0.1) is 22.9 Å². The predicted molar refractivity (Wildman–Crippen MR) is 154 cm³/mol. The number of hydrogen-bond donors (Lipinski definition) is 2. The summed E-state index contributed by atoms with van der Waals surface area (Å²) >= 11 is 0. The first kappa shape index (κ1) is 26.1. The lowest BCUT2D eigenvalue weighted by Gasteiger charge is -2.25. The number of carbonyl (C=O) groups is 2. The monoisotopic (exact) mass is 538 g/mol. The first-order valence-corrected chi connectivity index (χ1v) is 14.1. The molecule has 2 aliphatic rings. The van der Waals surface area contributed by atoms with Crippen LogP contribution in [-0.4, -0.2) is 50.6 Å². The van der Waals surface area contributed by atoms with Crippen molar-refractivity contribution in [1.82, 2.24) is 19.8 Å². The van der Waals surface area contributed by atoms with Gasteiger partial charge in [-0.3, -0.25) is 9.69 Å². The molecular weight excluding hydrogens is 504 g/mol. The summed E-state index contributed by atoms with van der Waals surface area (Å²) in [6, 6.07) is 16.2. The largest absolute Gasteiger partial charge is 0.478 e. The van der Waals surface area contributed by atoms with Crippen molar-refractivity contribution in [3.05, 3.63) is 83.8 Å². The van der Waals surface area contributed by atoms with E-state index in [0.29, 0.717) is 11.6 Å². The maximum Gasteiger partial charge on any atom is 0.328 e. The van der Waals surface area contributed by atoms with Gasteiger partial charge in [0.1, 0.15) is 12.1 Å².